The van der Waals surface area contributed by atoms with Gasteiger partial charge in [0.1, 0.15) is 17.1 Å². The van der Waals surface area contributed by atoms with E-state index in [2.05, 4.69) is 15.2 Å². The lowest BCUT2D eigenvalue weighted by Gasteiger charge is -2.29. The quantitative estimate of drug-likeness (QED) is 0.243. The number of anilines is 2. The Bertz CT molecular complexity index is 1480. The fraction of sp³-hybridized carbons (Fsp3) is 0.321. The van der Waals surface area contributed by atoms with Gasteiger partial charge < -0.3 is 20.1 Å². The zero-order chi connectivity index (χ0) is 25.9. The molecular formula is C28H29Cl2FN4O3. The standard InChI is InChI=1S/C28H28ClFN4O3.ClH/c1-2-37-23(36)10-11-31-28-32-26-21(27(33-28)34-12-6-3-7-13-34)16-22(29)24(25(26)30)20-15-18(35)14-17-8-4-5-9-19(17)20;/h4-5,8-9,14-16,35H,2-3,6-7,10-13H2,1H3,(H,31,32,33);1H. The Balaban J connectivity index is 0.00000336. The van der Waals surface area contributed by atoms with Crippen molar-refractivity contribution in [2.24, 2.45) is 0 Å². The molecule has 200 valence electrons. The first kappa shape index (κ1) is 27.7. The molecule has 1 fully saturated rings. The van der Waals surface area contributed by atoms with Crippen molar-refractivity contribution in [3.63, 3.8) is 0 Å². The minimum Gasteiger partial charge on any atom is -0.508 e. The smallest absolute Gasteiger partial charge is 0.307 e. The van der Waals surface area contributed by atoms with Gasteiger partial charge in [0.2, 0.25) is 5.95 Å². The van der Waals surface area contributed by atoms with Crippen LogP contribution in [-0.2, 0) is 9.53 Å². The van der Waals surface area contributed by atoms with Crippen molar-refractivity contribution in [3.8, 4) is 16.9 Å². The second-order valence-corrected chi connectivity index (χ2v) is 9.47. The number of piperidine rings is 1. The van der Waals surface area contributed by atoms with Gasteiger partial charge in [-0.05, 0) is 60.7 Å². The van der Waals surface area contributed by atoms with Crippen LogP contribution >= 0.6 is 24.0 Å². The number of rotatable bonds is 7. The van der Waals surface area contributed by atoms with Gasteiger partial charge in [-0.25, -0.2) is 9.37 Å². The van der Waals surface area contributed by atoms with Gasteiger partial charge in [0.15, 0.2) is 5.82 Å². The molecule has 1 saturated heterocycles. The topological polar surface area (TPSA) is 87.6 Å². The Morgan fingerprint density at radius 3 is 2.66 bits per heavy atom. The third-order valence-electron chi connectivity index (χ3n) is 6.55. The highest BCUT2D eigenvalue weighted by atomic mass is 35.5. The maximum atomic E-state index is 16.4. The minimum atomic E-state index is -0.590. The van der Waals surface area contributed by atoms with Crippen LogP contribution in [0.15, 0.2) is 42.5 Å². The summed E-state index contributed by atoms with van der Waals surface area (Å²) in [5.41, 5.74) is 0.776. The summed E-state index contributed by atoms with van der Waals surface area (Å²) in [5.74, 6) is -0.0700. The van der Waals surface area contributed by atoms with E-state index in [4.69, 9.17) is 21.3 Å². The van der Waals surface area contributed by atoms with Gasteiger partial charge in [0, 0.05) is 30.6 Å². The predicted molar refractivity (Wildman–Crippen MR) is 152 cm³/mol. The number of phenolic OH excluding ortho intramolecular Hbond substituents is 1. The number of halogens is 3. The van der Waals surface area contributed by atoms with Crippen molar-refractivity contribution in [1.82, 2.24) is 9.97 Å². The molecule has 38 heavy (non-hydrogen) atoms. The molecular weight excluding hydrogens is 530 g/mol. The molecule has 0 spiro atoms. The van der Waals surface area contributed by atoms with E-state index < -0.39 is 5.82 Å². The summed E-state index contributed by atoms with van der Waals surface area (Å²) in [4.78, 5) is 23.1. The van der Waals surface area contributed by atoms with Gasteiger partial charge in [-0.3, -0.25) is 4.79 Å². The molecule has 0 radical (unpaired) electrons. The average Bonchev–Trinajstić information content (AvgIpc) is 2.89. The molecule has 10 heteroatoms. The summed E-state index contributed by atoms with van der Waals surface area (Å²) in [5, 5.41) is 15.7. The van der Waals surface area contributed by atoms with Gasteiger partial charge in [0.05, 0.1) is 18.1 Å². The third-order valence-corrected chi connectivity index (χ3v) is 6.85. The zero-order valence-electron chi connectivity index (χ0n) is 21.0. The van der Waals surface area contributed by atoms with Gasteiger partial charge in [-0.2, -0.15) is 4.98 Å². The van der Waals surface area contributed by atoms with E-state index >= 15 is 4.39 Å². The van der Waals surface area contributed by atoms with Crippen molar-refractivity contribution in [3.05, 3.63) is 53.3 Å². The molecule has 5 rings (SSSR count). The van der Waals surface area contributed by atoms with E-state index in [1.165, 1.54) is 6.07 Å². The number of carbonyl (C=O) groups is 1. The van der Waals surface area contributed by atoms with Crippen LogP contribution in [0.25, 0.3) is 32.8 Å². The number of carbonyl (C=O) groups excluding carboxylic acids is 1. The molecule has 0 amide bonds. The number of aromatic hydroxyl groups is 1. The maximum absolute atomic E-state index is 16.4. The van der Waals surface area contributed by atoms with E-state index in [-0.39, 0.29) is 59.1 Å². The van der Waals surface area contributed by atoms with Crippen LogP contribution in [0.5, 0.6) is 5.75 Å². The van der Waals surface area contributed by atoms with Gasteiger partial charge in [-0.1, -0.05) is 35.9 Å². The second-order valence-electron chi connectivity index (χ2n) is 9.06. The van der Waals surface area contributed by atoms with Crippen molar-refractivity contribution in [2.45, 2.75) is 32.6 Å². The molecule has 1 aliphatic heterocycles. The molecule has 0 unspecified atom stereocenters. The molecule has 2 heterocycles. The molecule has 0 saturated carbocycles. The van der Waals surface area contributed by atoms with Crippen molar-refractivity contribution in [1.29, 1.82) is 0 Å². The van der Waals surface area contributed by atoms with Gasteiger partial charge in [-0.15, -0.1) is 12.4 Å². The first-order valence-electron chi connectivity index (χ1n) is 12.5. The van der Waals surface area contributed by atoms with Crippen LogP contribution in [0.4, 0.5) is 16.2 Å². The number of phenols is 1. The maximum Gasteiger partial charge on any atom is 0.307 e. The number of esters is 1. The van der Waals surface area contributed by atoms with Crippen molar-refractivity contribution < 1.29 is 19.0 Å². The molecule has 2 N–H and O–H groups in total. The number of hydrogen-bond donors (Lipinski definition) is 2. The lowest BCUT2D eigenvalue weighted by atomic mass is 9.96. The Hall–Kier alpha value is -3.36. The van der Waals surface area contributed by atoms with E-state index in [1.54, 1.807) is 19.1 Å². The number of hydrogen-bond acceptors (Lipinski definition) is 7. The van der Waals surface area contributed by atoms with Crippen LogP contribution < -0.4 is 10.2 Å². The lowest BCUT2D eigenvalue weighted by Crippen LogP contribution is -2.30. The van der Waals surface area contributed by atoms with Gasteiger partial charge in [0.25, 0.3) is 0 Å². The summed E-state index contributed by atoms with van der Waals surface area (Å²) in [6, 6.07) is 12.3. The number of ether oxygens (including phenoxy) is 1. The Labute approximate surface area is 231 Å². The fourth-order valence-electron chi connectivity index (χ4n) is 4.86. The largest absolute Gasteiger partial charge is 0.508 e. The van der Waals surface area contributed by atoms with Crippen LogP contribution in [0.3, 0.4) is 0 Å². The third kappa shape index (κ3) is 5.56. The number of fused-ring (bicyclic) bond motifs is 2. The second kappa shape index (κ2) is 12.0. The number of benzene rings is 3. The highest BCUT2D eigenvalue weighted by Gasteiger charge is 2.24. The summed E-state index contributed by atoms with van der Waals surface area (Å²) in [6.07, 6.45) is 3.30. The Morgan fingerprint density at radius 2 is 1.89 bits per heavy atom. The summed E-state index contributed by atoms with van der Waals surface area (Å²) in [7, 11) is 0. The first-order chi connectivity index (χ1) is 18.0. The molecule has 7 nitrogen and oxygen atoms in total. The van der Waals surface area contributed by atoms with Crippen LogP contribution in [0, 0.1) is 5.82 Å². The molecule has 0 bridgehead atoms. The van der Waals surface area contributed by atoms with E-state index in [1.807, 2.05) is 24.3 Å². The first-order valence-corrected chi connectivity index (χ1v) is 12.9. The Morgan fingerprint density at radius 1 is 1.13 bits per heavy atom. The highest BCUT2D eigenvalue weighted by Crippen LogP contribution is 2.42. The number of aromatic nitrogens is 2. The summed E-state index contributed by atoms with van der Waals surface area (Å²) < 4.78 is 21.4. The minimum absolute atomic E-state index is 0. The van der Waals surface area contributed by atoms with Crippen molar-refractivity contribution >= 4 is 63.4 Å². The van der Waals surface area contributed by atoms with Crippen LogP contribution in [-0.4, -0.2) is 47.3 Å². The van der Waals surface area contributed by atoms with Crippen molar-refractivity contribution in [2.75, 3.05) is 36.5 Å². The number of nitrogens with one attached hydrogen (secondary N) is 1. The zero-order valence-corrected chi connectivity index (χ0v) is 22.5. The Kier molecular flexibility index (Phi) is 8.74. The highest BCUT2D eigenvalue weighted by molar-refractivity contribution is 6.35. The molecule has 4 aromatic rings. The van der Waals surface area contributed by atoms with E-state index in [9.17, 15) is 9.90 Å². The molecule has 1 aromatic heterocycles. The molecule has 0 atom stereocenters. The monoisotopic (exact) mass is 558 g/mol. The predicted octanol–water partition coefficient (Wildman–Crippen LogP) is 6.73. The molecule has 0 aliphatic carbocycles. The van der Waals surface area contributed by atoms with E-state index in [0.717, 1.165) is 43.1 Å². The van der Waals surface area contributed by atoms with E-state index in [0.29, 0.717) is 23.4 Å². The van der Waals surface area contributed by atoms with Crippen LogP contribution in [0.2, 0.25) is 5.02 Å². The number of nitrogens with zero attached hydrogens (tertiary/aromatic N) is 3. The van der Waals surface area contributed by atoms with Crippen LogP contribution in [0.1, 0.15) is 32.6 Å². The summed E-state index contributed by atoms with van der Waals surface area (Å²) >= 11 is 6.73. The summed E-state index contributed by atoms with van der Waals surface area (Å²) in [6.45, 7) is 3.91. The average molecular weight is 559 g/mol. The SMILES string of the molecule is CCOC(=O)CCNc1nc(N2CCCCC2)c2cc(Cl)c(-c3cc(O)cc4ccccc34)c(F)c2n1.Cl. The molecule has 1 aliphatic rings. The van der Waals surface area contributed by atoms with Gasteiger partial charge >= 0.3 is 5.97 Å². The normalized spacial score (nSPS) is 13.4. The molecule has 3 aromatic carbocycles. The lowest BCUT2D eigenvalue weighted by molar-refractivity contribution is -0.142. The fourth-order valence-corrected chi connectivity index (χ4v) is 5.16.